The molecule has 3 aromatic rings. The Balaban J connectivity index is 1.48. The summed E-state index contributed by atoms with van der Waals surface area (Å²) in [6.07, 6.45) is -2.07. The van der Waals surface area contributed by atoms with Crippen LogP contribution in [0.2, 0.25) is 0 Å². The van der Waals surface area contributed by atoms with E-state index in [-0.39, 0.29) is 41.4 Å². The van der Waals surface area contributed by atoms with Crippen molar-refractivity contribution in [3.8, 4) is 11.6 Å². The fourth-order valence-corrected chi connectivity index (χ4v) is 4.21. The third-order valence-corrected chi connectivity index (χ3v) is 6.06. The van der Waals surface area contributed by atoms with Gasteiger partial charge in [-0.2, -0.15) is 13.2 Å². The Morgan fingerprint density at radius 1 is 0.970 bits per heavy atom. The Morgan fingerprint density at radius 2 is 1.73 bits per heavy atom. The molecule has 0 saturated heterocycles. The number of aliphatic imine (C=N–C) groups is 1. The first-order valence-electron chi connectivity index (χ1n) is 9.66. The van der Waals surface area contributed by atoms with Gasteiger partial charge in [0.1, 0.15) is 0 Å². The summed E-state index contributed by atoms with van der Waals surface area (Å²) in [7, 11) is 0. The maximum atomic E-state index is 14.6. The van der Waals surface area contributed by atoms with Gasteiger partial charge in [0.25, 0.3) is 0 Å². The van der Waals surface area contributed by atoms with Gasteiger partial charge < -0.3 is 0 Å². The van der Waals surface area contributed by atoms with Crippen LogP contribution in [-0.4, -0.2) is 34.7 Å². The van der Waals surface area contributed by atoms with Crippen molar-refractivity contribution in [3.05, 3.63) is 82.8 Å². The second-order valence-corrected chi connectivity index (χ2v) is 8.50. The summed E-state index contributed by atoms with van der Waals surface area (Å²) in [4.78, 5) is 8.85. The van der Waals surface area contributed by atoms with E-state index in [2.05, 4.69) is 9.98 Å². The van der Waals surface area contributed by atoms with E-state index in [1.54, 1.807) is 0 Å². The van der Waals surface area contributed by atoms with Crippen molar-refractivity contribution in [1.82, 2.24) is 4.98 Å². The van der Waals surface area contributed by atoms with Gasteiger partial charge in [-0.1, -0.05) is 0 Å². The number of fused-ring (bicyclic) bond motifs is 1. The molecule has 0 amide bonds. The van der Waals surface area contributed by atoms with Gasteiger partial charge in [0.2, 0.25) is 0 Å². The van der Waals surface area contributed by atoms with E-state index in [0.717, 1.165) is 53.4 Å². The van der Waals surface area contributed by atoms with Crippen LogP contribution in [0.1, 0.15) is 21.5 Å². The summed E-state index contributed by atoms with van der Waals surface area (Å²) in [6.45, 7) is 0.128. The van der Waals surface area contributed by atoms with Crippen molar-refractivity contribution < 1.29 is 31.1 Å². The van der Waals surface area contributed by atoms with Gasteiger partial charge in [0.15, 0.2) is 0 Å². The first-order valence-corrected chi connectivity index (χ1v) is 11.1. The number of rotatable bonds is 5. The zero-order valence-corrected chi connectivity index (χ0v) is 19.2. The van der Waals surface area contributed by atoms with E-state index < -0.39 is 34.0 Å². The van der Waals surface area contributed by atoms with Gasteiger partial charge in [-0.3, -0.25) is 0 Å². The molecular formula is C22H16AsF6N3O. The van der Waals surface area contributed by atoms with Crippen LogP contribution in [0, 0.1) is 17.5 Å². The average Bonchev–Trinajstić information content (AvgIpc) is 2.76. The number of hydrogen-bond donors (Lipinski definition) is 0. The van der Waals surface area contributed by atoms with Crippen molar-refractivity contribution in [2.75, 3.05) is 11.4 Å². The van der Waals surface area contributed by atoms with E-state index in [0.29, 0.717) is 0 Å². The number of hydrogen-bond acceptors (Lipinski definition) is 4. The third kappa shape index (κ3) is 5.00. The van der Waals surface area contributed by atoms with E-state index >= 15 is 0 Å². The Morgan fingerprint density at radius 3 is 2.45 bits per heavy atom. The number of alkyl halides is 3. The number of benzene rings is 2. The van der Waals surface area contributed by atoms with Gasteiger partial charge >= 0.3 is 151 Å². The van der Waals surface area contributed by atoms with Gasteiger partial charge in [-0.05, 0) is 6.07 Å². The second kappa shape index (κ2) is 9.09. The van der Waals surface area contributed by atoms with E-state index in [4.69, 9.17) is 4.74 Å². The molecule has 11 heteroatoms. The van der Waals surface area contributed by atoms with Crippen LogP contribution in [0.4, 0.5) is 32.0 Å². The van der Waals surface area contributed by atoms with Gasteiger partial charge in [0, 0.05) is 12.3 Å². The molecule has 0 N–H and O–H groups in total. The molecule has 1 aliphatic rings. The molecule has 4 nitrogen and oxygen atoms in total. The number of aromatic nitrogens is 1. The predicted molar refractivity (Wildman–Crippen MR) is 113 cm³/mol. The van der Waals surface area contributed by atoms with Crippen molar-refractivity contribution in [3.63, 3.8) is 0 Å². The van der Waals surface area contributed by atoms with Crippen molar-refractivity contribution in [2.45, 2.75) is 17.4 Å². The Hall–Kier alpha value is -3.00. The summed E-state index contributed by atoms with van der Waals surface area (Å²) in [5.41, 5.74) is -0.438. The molecule has 2 heterocycles. The molecule has 4 rings (SSSR count). The average molecular weight is 527 g/mol. The molecule has 2 unspecified atom stereocenters. The Labute approximate surface area is 193 Å². The van der Waals surface area contributed by atoms with Gasteiger partial charge in [-0.25, -0.2) is 4.98 Å². The molecular weight excluding hydrogens is 511 g/mol. The third-order valence-electron chi connectivity index (χ3n) is 5.00. The minimum atomic E-state index is -4.56. The molecule has 0 aliphatic carbocycles. The van der Waals surface area contributed by atoms with Crippen molar-refractivity contribution in [1.29, 1.82) is 0 Å². The van der Waals surface area contributed by atoms with Gasteiger partial charge in [0.05, 0.1) is 5.56 Å². The van der Waals surface area contributed by atoms with E-state index in [1.807, 2.05) is 0 Å². The first kappa shape index (κ1) is 23.2. The van der Waals surface area contributed by atoms with E-state index in [1.165, 1.54) is 23.4 Å². The molecule has 1 aromatic heterocycles. The number of pyridine rings is 1. The Bertz CT molecular complexity index is 1220. The van der Waals surface area contributed by atoms with Crippen LogP contribution in [0.15, 0.2) is 53.7 Å². The minimum absolute atomic E-state index is 0.0304. The van der Waals surface area contributed by atoms with Crippen LogP contribution < -0.4 is 9.64 Å². The number of nitrogens with zero attached hydrogens (tertiary/aromatic N) is 3. The number of ether oxygens (including phenoxy) is 1. The quantitative estimate of drug-likeness (QED) is 0.345. The molecule has 0 radical (unpaired) electrons. The molecule has 0 spiro atoms. The summed E-state index contributed by atoms with van der Waals surface area (Å²) in [5, 5.41) is 0. The van der Waals surface area contributed by atoms with E-state index in [9.17, 15) is 26.3 Å². The fourth-order valence-electron chi connectivity index (χ4n) is 3.38. The molecule has 1 aliphatic heterocycles. The van der Waals surface area contributed by atoms with Crippen LogP contribution in [0.3, 0.4) is 0 Å². The SMILES string of the molecule is Fc1cc(Oc2cc(C(F)(F)F)ccn2)ccc1CCN1C=NC([AsH2])c2c(F)ccc(F)c21. The zero-order valence-electron chi connectivity index (χ0n) is 16.8. The number of anilines is 1. The molecule has 172 valence electrons. The second-order valence-electron chi connectivity index (χ2n) is 7.18. The molecule has 2 atom stereocenters. The molecule has 0 bridgehead atoms. The molecule has 2 aromatic carbocycles. The molecule has 0 saturated carbocycles. The monoisotopic (exact) mass is 527 g/mol. The van der Waals surface area contributed by atoms with Crippen molar-refractivity contribution >= 4 is 28.9 Å². The summed E-state index contributed by atoms with van der Waals surface area (Å²) >= 11 is 1.13. The maximum absolute atomic E-state index is 14.6. The fraction of sp³-hybridized carbons (Fsp3) is 0.182. The normalized spacial score (nSPS) is 15.5. The Kier molecular flexibility index (Phi) is 6.38. The summed E-state index contributed by atoms with van der Waals surface area (Å²) in [5.74, 6) is -2.18. The van der Waals surface area contributed by atoms with Crippen molar-refractivity contribution in [2.24, 2.45) is 4.99 Å². The van der Waals surface area contributed by atoms with Crippen LogP contribution in [0.25, 0.3) is 0 Å². The molecule has 33 heavy (non-hydrogen) atoms. The van der Waals surface area contributed by atoms with Gasteiger partial charge in [-0.15, -0.1) is 0 Å². The molecule has 0 fully saturated rings. The topological polar surface area (TPSA) is 37.7 Å². The van der Waals surface area contributed by atoms with Crippen LogP contribution >= 0.6 is 0 Å². The first-order chi connectivity index (χ1) is 15.6. The predicted octanol–water partition coefficient (Wildman–Crippen LogP) is 5.03. The standard InChI is InChI=1S/C22H16AsF6N3O/c23-21-19-15(24)3-4-16(25)20(19)32(11-31-21)8-6-12-1-2-14(10-17(12)26)33-18-9-13(5-7-30-18)22(27,28)29/h1-5,7,9-11,21H,6,8,23H2. The van der Waals surface area contributed by atoms with Crippen LogP contribution in [-0.2, 0) is 12.6 Å². The van der Waals surface area contributed by atoms with Crippen LogP contribution in [0.5, 0.6) is 11.6 Å². The summed E-state index contributed by atoms with van der Waals surface area (Å²) < 4.78 is 87.0. The number of halogens is 6. The zero-order chi connectivity index (χ0) is 23.8. The summed E-state index contributed by atoms with van der Waals surface area (Å²) in [6, 6.07) is 7.44.